The molecule has 0 bridgehead atoms. The average molecular weight is 371 g/mol. The summed E-state index contributed by atoms with van der Waals surface area (Å²) in [7, 11) is 0. The highest BCUT2D eigenvalue weighted by Gasteiger charge is 2.04. The molecule has 2 rings (SSSR count). The van der Waals surface area contributed by atoms with E-state index < -0.39 is 11.2 Å². The molecule has 0 radical (unpaired) electrons. The molecular formula is C13H12Cl2N6O3. The van der Waals surface area contributed by atoms with Crippen LogP contribution in [0.5, 0.6) is 0 Å². The van der Waals surface area contributed by atoms with E-state index in [0.717, 1.165) is 0 Å². The second kappa shape index (κ2) is 8.27. The Hall–Kier alpha value is -2.65. The highest BCUT2D eigenvalue weighted by atomic mass is 35.5. The third kappa shape index (κ3) is 5.21. The van der Waals surface area contributed by atoms with Crippen molar-refractivity contribution >= 4 is 41.1 Å². The van der Waals surface area contributed by atoms with Gasteiger partial charge >= 0.3 is 5.69 Å². The van der Waals surface area contributed by atoms with Gasteiger partial charge in [0.25, 0.3) is 5.56 Å². The zero-order valence-corrected chi connectivity index (χ0v) is 13.6. The van der Waals surface area contributed by atoms with Crippen LogP contribution < -0.4 is 22.0 Å². The number of anilines is 1. The van der Waals surface area contributed by atoms with Crippen molar-refractivity contribution in [3.63, 3.8) is 0 Å². The number of nitrogens with zero attached hydrogens (tertiary/aromatic N) is 2. The first-order chi connectivity index (χ1) is 11.5. The number of benzene rings is 1. The van der Waals surface area contributed by atoms with Crippen LogP contribution in [0.1, 0.15) is 12.0 Å². The molecule has 126 valence electrons. The summed E-state index contributed by atoms with van der Waals surface area (Å²) in [6, 6.07) is 4.87. The number of hydrogen-bond acceptors (Lipinski definition) is 6. The SMILES string of the molecule is O=C(CCNc1n[nH]c(=O)[nH]c1=O)N/N=C/c1ccc(Cl)cc1Cl. The molecule has 0 aliphatic rings. The summed E-state index contributed by atoms with van der Waals surface area (Å²) < 4.78 is 0. The number of rotatable bonds is 6. The lowest BCUT2D eigenvalue weighted by Crippen LogP contribution is -2.28. The average Bonchev–Trinajstić information content (AvgIpc) is 2.51. The number of hydrazone groups is 1. The number of carbonyl (C=O) groups excluding carboxylic acids is 1. The van der Waals surface area contributed by atoms with Crippen LogP contribution in [0, 0.1) is 0 Å². The van der Waals surface area contributed by atoms with Crippen molar-refractivity contribution in [2.45, 2.75) is 6.42 Å². The molecule has 0 aliphatic carbocycles. The maximum atomic E-state index is 11.6. The molecule has 0 fully saturated rings. The fraction of sp³-hybridized carbons (Fsp3) is 0.154. The monoisotopic (exact) mass is 370 g/mol. The molecule has 0 aliphatic heterocycles. The van der Waals surface area contributed by atoms with Gasteiger partial charge in [0.1, 0.15) is 0 Å². The predicted molar refractivity (Wildman–Crippen MR) is 90.8 cm³/mol. The van der Waals surface area contributed by atoms with Crippen LogP contribution in [0.4, 0.5) is 5.82 Å². The van der Waals surface area contributed by atoms with E-state index in [-0.39, 0.29) is 24.7 Å². The number of carbonyl (C=O) groups is 1. The van der Waals surface area contributed by atoms with Crippen LogP contribution in [0.3, 0.4) is 0 Å². The largest absolute Gasteiger partial charge is 0.364 e. The van der Waals surface area contributed by atoms with Gasteiger partial charge in [0, 0.05) is 23.6 Å². The molecule has 0 atom stereocenters. The molecule has 9 nitrogen and oxygen atoms in total. The summed E-state index contributed by atoms with van der Waals surface area (Å²) >= 11 is 11.7. The van der Waals surface area contributed by atoms with Crippen LogP contribution >= 0.6 is 23.2 Å². The first-order valence-corrected chi connectivity index (χ1v) is 7.41. The highest BCUT2D eigenvalue weighted by Crippen LogP contribution is 2.19. The van der Waals surface area contributed by atoms with E-state index in [0.29, 0.717) is 15.6 Å². The van der Waals surface area contributed by atoms with Gasteiger partial charge in [-0.25, -0.2) is 15.3 Å². The van der Waals surface area contributed by atoms with Gasteiger partial charge in [-0.3, -0.25) is 14.6 Å². The van der Waals surface area contributed by atoms with Crippen molar-refractivity contribution in [3.05, 3.63) is 54.6 Å². The smallest absolute Gasteiger partial charge is 0.342 e. The van der Waals surface area contributed by atoms with Crippen molar-refractivity contribution < 1.29 is 4.79 Å². The lowest BCUT2D eigenvalue weighted by Gasteiger charge is -2.03. The van der Waals surface area contributed by atoms with Gasteiger partial charge in [0.15, 0.2) is 0 Å². The summed E-state index contributed by atoms with van der Waals surface area (Å²) in [6.07, 6.45) is 1.42. The highest BCUT2D eigenvalue weighted by molar-refractivity contribution is 6.36. The Balaban J connectivity index is 1.80. The van der Waals surface area contributed by atoms with E-state index >= 15 is 0 Å². The van der Waals surface area contributed by atoms with E-state index in [4.69, 9.17) is 23.2 Å². The maximum Gasteiger partial charge on any atom is 0.342 e. The number of halogens is 2. The van der Waals surface area contributed by atoms with E-state index in [1.54, 1.807) is 18.2 Å². The fourth-order valence-electron chi connectivity index (χ4n) is 1.60. The fourth-order valence-corrected chi connectivity index (χ4v) is 2.06. The van der Waals surface area contributed by atoms with Crippen LogP contribution in [0.15, 0.2) is 32.9 Å². The minimum Gasteiger partial charge on any atom is -0.364 e. The minimum atomic E-state index is -0.710. The Bertz CT molecular complexity index is 876. The molecule has 0 spiro atoms. The topological polar surface area (TPSA) is 132 Å². The van der Waals surface area contributed by atoms with Gasteiger partial charge in [-0.2, -0.15) is 5.10 Å². The first kappa shape index (κ1) is 17.7. The third-order valence-corrected chi connectivity index (χ3v) is 3.27. The van der Waals surface area contributed by atoms with Crippen LogP contribution in [0.2, 0.25) is 10.0 Å². The van der Waals surface area contributed by atoms with Gasteiger partial charge in [-0.1, -0.05) is 29.3 Å². The molecule has 0 saturated heterocycles. The normalized spacial score (nSPS) is 10.8. The van der Waals surface area contributed by atoms with Crippen molar-refractivity contribution in [2.75, 3.05) is 11.9 Å². The minimum absolute atomic E-state index is 0.0337. The van der Waals surface area contributed by atoms with E-state index in [1.165, 1.54) is 6.21 Å². The molecule has 11 heteroatoms. The molecule has 1 heterocycles. The maximum absolute atomic E-state index is 11.6. The van der Waals surface area contributed by atoms with Crippen molar-refractivity contribution in [1.29, 1.82) is 0 Å². The van der Waals surface area contributed by atoms with Gasteiger partial charge in [-0.05, 0) is 12.1 Å². The second-order valence-corrected chi connectivity index (χ2v) is 5.33. The summed E-state index contributed by atoms with van der Waals surface area (Å²) in [5.74, 6) is -0.469. The predicted octanol–water partition coefficient (Wildman–Crippen LogP) is 0.717. The molecule has 1 aromatic heterocycles. The van der Waals surface area contributed by atoms with E-state index in [1.807, 2.05) is 4.98 Å². The Morgan fingerprint density at radius 1 is 1.33 bits per heavy atom. The molecule has 4 N–H and O–H groups in total. The van der Waals surface area contributed by atoms with Gasteiger partial charge in [0.2, 0.25) is 11.7 Å². The van der Waals surface area contributed by atoms with Crippen LogP contribution in [-0.2, 0) is 4.79 Å². The molecule has 1 amide bonds. The zero-order valence-electron chi connectivity index (χ0n) is 12.1. The number of aromatic amines is 2. The van der Waals surface area contributed by atoms with Crippen LogP contribution in [0.25, 0.3) is 0 Å². The summed E-state index contributed by atoms with van der Waals surface area (Å²) in [5, 5.41) is 12.9. The third-order valence-electron chi connectivity index (χ3n) is 2.71. The summed E-state index contributed by atoms with van der Waals surface area (Å²) in [6.45, 7) is 0.130. The first-order valence-electron chi connectivity index (χ1n) is 6.65. The van der Waals surface area contributed by atoms with Crippen LogP contribution in [-0.4, -0.2) is 33.8 Å². The Morgan fingerprint density at radius 2 is 2.12 bits per heavy atom. The van der Waals surface area contributed by atoms with E-state index in [9.17, 15) is 14.4 Å². The second-order valence-electron chi connectivity index (χ2n) is 4.49. The summed E-state index contributed by atoms with van der Waals surface area (Å²) in [5.41, 5.74) is 1.54. The number of H-pyrrole nitrogens is 2. The Kier molecular flexibility index (Phi) is 6.10. The van der Waals surface area contributed by atoms with E-state index in [2.05, 4.69) is 26.0 Å². The van der Waals surface area contributed by atoms with Gasteiger partial charge in [0.05, 0.1) is 11.2 Å². The molecular weight excluding hydrogens is 359 g/mol. The lowest BCUT2D eigenvalue weighted by atomic mass is 10.2. The van der Waals surface area contributed by atoms with Crippen molar-refractivity contribution in [1.82, 2.24) is 20.6 Å². The number of aromatic nitrogens is 3. The van der Waals surface area contributed by atoms with Crippen molar-refractivity contribution in [2.24, 2.45) is 5.10 Å². The quantitative estimate of drug-likeness (QED) is 0.439. The number of nitrogens with one attached hydrogen (secondary N) is 4. The molecule has 1 aromatic carbocycles. The standard InChI is InChI=1S/C13H12Cl2N6O3/c14-8-2-1-7(9(15)5-8)6-17-19-10(22)3-4-16-11-12(23)18-13(24)21-20-11/h1-2,5-6H,3-4H2,(H,16,20)(H,19,22)(H2,18,21,23,24)/b17-6+. The molecule has 0 unspecified atom stereocenters. The van der Waals surface area contributed by atoms with Gasteiger partial charge < -0.3 is 5.32 Å². The molecule has 2 aromatic rings. The Labute approximate surface area is 145 Å². The molecule has 0 saturated carbocycles. The van der Waals surface area contributed by atoms with Crippen molar-refractivity contribution in [3.8, 4) is 0 Å². The number of hydrogen-bond donors (Lipinski definition) is 4. The zero-order chi connectivity index (χ0) is 17.5. The Morgan fingerprint density at radius 3 is 2.83 bits per heavy atom. The summed E-state index contributed by atoms with van der Waals surface area (Å²) in [4.78, 5) is 35.8. The molecule has 24 heavy (non-hydrogen) atoms. The number of amides is 1. The lowest BCUT2D eigenvalue weighted by molar-refractivity contribution is -0.120. The van der Waals surface area contributed by atoms with Gasteiger partial charge in [-0.15, -0.1) is 5.10 Å².